The normalized spacial score (nSPS) is 14.4. The van der Waals surface area contributed by atoms with Gasteiger partial charge in [0.15, 0.2) is 5.78 Å². The summed E-state index contributed by atoms with van der Waals surface area (Å²) >= 11 is 5.29. The van der Waals surface area contributed by atoms with Crippen LogP contribution in [-0.2, 0) is 18.6 Å². The molecule has 0 aliphatic carbocycles. The Morgan fingerprint density at radius 2 is 2.21 bits per heavy atom. The van der Waals surface area contributed by atoms with Gasteiger partial charge in [-0.05, 0) is 37.7 Å². The Labute approximate surface area is 125 Å². The number of rotatable bonds is 3. The third-order valence-electron chi connectivity index (χ3n) is 3.29. The Hall–Kier alpha value is -0.650. The van der Waals surface area contributed by atoms with Crippen LogP contribution in [0.5, 0.6) is 0 Å². The molecule has 2 nitrogen and oxygen atoms in total. The quantitative estimate of drug-likeness (QED) is 0.802. The largest absolute Gasteiger partial charge is 0.293 e. The zero-order chi connectivity index (χ0) is 13.4. The van der Waals surface area contributed by atoms with Gasteiger partial charge in [-0.3, -0.25) is 4.79 Å². The maximum Gasteiger partial charge on any atom is 0.179 e. The summed E-state index contributed by atoms with van der Waals surface area (Å²) in [6, 6.07) is 2.10. The number of fused-ring (bicyclic) bond motifs is 1. The Morgan fingerprint density at radius 1 is 1.37 bits per heavy atom. The van der Waals surface area contributed by atoms with Crippen molar-refractivity contribution in [2.75, 3.05) is 5.75 Å². The van der Waals surface area contributed by atoms with E-state index < -0.39 is 0 Å². The number of nitrogens with zero attached hydrogens (tertiary/aromatic N) is 1. The fourth-order valence-electron chi connectivity index (χ4n) is 2.12. The smallest absolute Gasteiger partial charge is 0.179 e. The highest BCUT2D eigenvalue weighted by Gasteiger charge is 2.18. The van der Waals surface area contributed by atoms with Gasteiger partial charge in [-0.25, -0.2) is 4.98 Å². The summed E-state index contributed by atoms with van der Waals surface area (Å²) in [5.41, 5.74) is 2.42. The number of ketones is 1. The summed E-state index contributed by atoms with van der Waals surface area (Å²) in [5.74, 6) is 2.47. The predicted octanol–water partition coefficient (Wildman–Crippen LogP) is 4.04. The molecule has 0 bridgehead atoms. The summed E-state index contributed by atoms with van der Waals surface area (Å²) in [6.45, 7) is 4.06. The molecule has 0 spiro atoms. The van der Waals surface area contributed by atoms with Crippen molar-refractivity contribution in [2.45, 2.75) is 32.4 Å². The number of carbonyl (C=O) groups excluding carboxylic acids is 1. The molecule has 3 heterocycles. The van der Waals surface area contributed by atoms with E-state index in [-0.39, 0.29) is 5.78 Å². The lowest BCUT2D eigenvalue weighted by Crippen LogP contribution is -2.00. The van der Waals surface area contributed by atoms with Crippen LogP contribution >= 0.6 is 34.4 Å². The van der Waals surface area contributed by atoms with Crippen LogP contribution in [0.3, 0.4) is 0 Å². The van der Waals surface area contributed by atoms with Gasteiger partial charge in [0.05, 0.1) is 17.0 Å². The highest BCUT2D eigenvalue weighted by molar-refractivity contribution is 7.98. The van der Waals surface area contributed by atoms with E-state index in [1.54, 1.807) is 22.7 Å². The molecule has 0 unspecified atom stereocenters. The van der Waals surface area contributed by atoms with Gasteiger partial charge in [-0.1, -0.05) is 0 Å². The van der Waals surface area contributed by atoms with Crippen molar-refractivity contribution in [3.05, 3.63) is 37.0 Å². The van der Waals surface area contributed by atoms with E-state index in [2.05, 4.69) is 18.0 Å². The van der Waals surface area contributed by atoms with Crippen LogP contribution in [0.25, 0.3) is 0 Å². The number of thiazole rings is 1. The number of carbonyl (C=O) groups is 1. The van der Waals surface area contributed by atoms with Gasteiger partial charge in [0.2, 0.25) is 0 Å². The van der Waals surface area contributed by atoms with Crippen molar-refractivity contribution in [1.82, 2.24) is 4.98 Å². The number of thiophene rings is 1. The van der Waals surface area contributed by atoms with Gasteiger partial charge >= 0.3 is 0 Å². The van der Waals surface area contributed by atoms with Crippen molar-refractivity contribution in [1.29, 1.82) is 0 Å². The molecule has 2 aromatic rings. The maximum atomic E-state index is 12.3. The molecule has 0 amide bonds. The van der Waals surface area contributed by atoms with E-state index in [4.69, 9.17) is 0 Å². The van der Waals surface area contributed by atoms with Crippen LogP contribution in [0.4, 0.5) is 0 Å². The Bertz CT molecular complexity index is 584. The number of hydrogen-bond donors (Lipinski definition) is 0. The lowest BCUT2D eigenvalue weighted by molar-refractivity contribution is 0.0996. The standard InChI is InChI=1S/C14H15NOS3/c1-8-9(2)18-14(15-8)6-11(16)13-5-10-7-17-4-3-12(10)19-13/h5H,3-4,6-7H2,1-2H3. The van der Waals surface area contributed by atoms with Crippen molar-refractivity contribution < 1.29 is 4.79 Å². The lowest BCUT2D eigenvalue weighted by atomic mass is 10.2. The van der Waals surface area contributed by atoms with Gasteiger partial charge in [0, 0.05) is 15.5 Å². The summed E-state index contributed by atoms with van der Waals surface area (Å²) < 4.78 is 0. The van der Waals surface area contributed by atoms with E-state index in [0.29, 0.717) is 6.42 Å². The number of aromatic nitrogens is 1. The number of hydrogen-bond acceptors (Lipinski definition) is 5. The Morgan fingerprint density at radius 3 is 2.89 bits per heavy atom. The monoisotopic (exact) mass is 309 g/mol. The third kappa shape index (κ3) is 2.78. The van der Waals surface area contributed by atoms with Gasteiger partial charge < -0.3 is 0 Å². The van der Waals surface area contributed by atoms with Crippen molar-refractivity contribution in [3.63, 3.8) is 0 Å². The van der Waals surface area contributed by atoms with Gasteiger partial charge in [0.1, 0.15) is 5.01 Å². The minimum absolute atomic E-state index is 0.221. The first-order valence-electron chi connectivity index (χ1n) is 6.29. The summed E-state index contributed by atoms with van der Waals surface area (Å²) in [5, 5.41) is 0.945. The summed E-state index contributed by atoms with van der Waals surface area (Å²) in [6.07, 6.45) is 1.57. The number of Topliss-reactive ketones (excluding diaryl/α,β-unsaturated/α-hetero) is 1. The SMILES string of the molecule is Cc1nc(CC(=O)c2cc3c(s2)CCSC3)sc1C. The zero-order valence-corrected chi connectivity index (χ0v) is 13.4. The first-order valence-corrected chi connectivity index (χ1v) is 9.07. The highest BCUT2D eigenvalue weighted by Crippen LogP contribution is 2.32. The molecule has 1 aliphatic rings. The average Bonchev–Trinajstić information content (AvgIpc) is 2.93. The van der Waals surface area contributed by atoms with Crippen LogP contribution in [0, 0.1) is 13.8 Å². The lowest BCUT2D eigenvalue weighted by Gasteiger charge is -2.08. The zero-order valence-electron chi connectivity index (χ0n) is 11.0. The molecule has 2 aromatic heterocycles. The Balaban J connectivity index is 1.78. The molecule has 19 heavy (non-hydrogen) atoms. The van der Waals surface area contributed by atoms with E-state index >= 15 is 0 Å². The van der Waals surface area contributed by atoms with Gasteiger partial charge in [-0.15, -0.1) is 22.7 Å². The Kier molecular flexibility index (Phi) is 3.78. The van der Waals surface area contributed by atoms with Crippen molar-refractivity contribution >= 4 is 40.2 Å². The second kappa shape index (κ2) is 5.38. The molecule has 5 heteroatoms. The summed E-state index contributed by atoms with van der Waals surface area (Å²) in [7, 11) is 0. The van der Waals surface area contributed by atoms with E-state index in [0.717, 1.165) is 27.8 Å². The average molecular weight is 309 g/mol. The van der Waals surface area contributed by atoms with Gasteiger partial charge in [-0.2, -0.15) is 11.8 Å². The van der Waals surface area contributed by atoms with Crippen LogP contribution in [0.2, 0.25) is 0 Å². The predicted molar refractivity (Wildman–Crippen MR) is 83.8 cm³/mol. The minimum atomic E-state index is 0.221. The van der Waals surface area contributed by atoms with Crippen molar-refractivity contribution in [2.24, 2.45) is 0 Å². The van der Waals surface area contributed by atoms with E-state index in [1.807, 2.05) is 18.7 Å². The second-order valence-electron chi connectivity index (χ2n) is 4.71. The molecule has 0 fully saturated rings. The van der Waals surface area contributed by atoms with Crippen LogP contribution in [0.1, 0.15) is 35.7 Å². The molecular formula is C14H15NOS3. The minimum Gasteiger partial charge on any atom is -0.293 e. The van der Waals surface area contributed by atoms with E-state index in [1.165, 1.54) is 21.1 Å². The van der Waals surface area contributed by atoms with Crippen LogP contribution < -0.4 is 0 Å². The topological polar surface area (TPSA) is 30.0 Å². The molecule has 0 N–H and O–H groups in total. The molecule has 1 aliphatic heterocycles. The second-order valence-corrected chi connectivity index (χ2v) is 8.24. The summed E-state index contributed by atoms with van der Waals surface area (Å²) in [4.78, 5) is 20.3. The number of aryl methyl sites for hydroxylation is 3. The molecule has 100 valence electrons. The maximum absolute atomic E-state index is 12.3. The first kappa shape index (κ1) is 13.3. The molecule has 0 atom stereocenters. The fraction of sp³-hybridized carbons (Fsp3) is 0.429. The molecule has 0 radical (unpaired) electrons. The van der Waals surface area contributed by atoms with Crippen LogP contribution in [-0.4, -0.2) is 16.5 Å². The first-order chi connectivity index (χ1) is 9.13. The molecule has 0 aromatic carbocycles. The molecular weight excluding hydrogens is 294 g/mol. The molecule has 3 rings (SSSR count). The molecule has 0 saturated carbocycles. The van der Waals surface area contributed by atoms with E-state index in [9.17, 15) is 4.79 Å². The number of thioether (sulfide) groups is 1. The highest BCUT2D eigenvalue weighted by atomic mass is 32.2. The van der Waals surface area contributed by atoms with Crippen molar-refractivity contribution in [3.8, 4) is 0 Å². The third-order valence-corrected chi connectivity index (χ3v) is 6.65. The van der Waals surface area contributed by atoms with Crippen LogP contribution in [0.15, 0.2) is 6.07 Å². The van der Waals surface area contributed by atoms with Gasteiger partial charge in [0.25, 0.3) is 0 Å². The fourth-order valence-corrected chi connectivity index (χ4v) is 5.37. The molecule has 0 saturated heterocycles.